The lowest BCUT2D eigenvalue weighted by Gasteiger charge is -2.18. The number of nitrogens with zero attached hydrogens (tertiary/aromatic N) is 4. The van der Waals surface area contributed by atoms with Gasteiger partial charge in [0.1, 0.15) is 13.2 Å². The van der Waals surface area contributed by atoms with Crippen LogP contribution in [-0.4, -0.2) is 35.1 Å². The molecule has 3 heterocycles. The van der Waals surface area contributed by atoms with E-state index in [1.165, 1.54) is 0 Å². The molecule has 5 rings (SSSR count). The van der Waals surface area contributed by atoms with Gasteiger partial charge < -0.3 is 9.47 Å². The van der Waals surface area contributed by atoms with E-state index in [1.54, 1.807) is 23.7 Å². The van der Waals surface area contributed by atoms with Crippen LogP contribution < -0.4 is 14.3 Å². The Kier molecular flexibility index (Phi) is 4.21. The highest BCUT2D eigenvalue weighted by molar-refractivity contribution is 7.07. The van der Waals surface area contributed by atoms with Gasteiger partial charge in [0.2, 0.25) is 4.80 Å². The van der Waals surface area contributed by atoms with E-state index in [4.69, 9.17) is 14.5 Å². The van der Waals surface area contributed by atoms with Gasteiger partial charge in [-0.25, -0.2) is 4.68 Å². The summed E-state index contributed by atoms with van der Waals surface area (Å²) in [4.78, 5) is 10.0. The van der Waals surface area contributed by atoms with Gasteiger partial charge >= 0.3 is 0 Å². The van der Waals surface area contributed by atoms with Crippen LogP contribution in [0.25, 0.3) is 11.3 Å². The monoisotopic (exact) mass is 378 g/mol. The van der Waals surface area contributed by atoms with Crippen LogP contribution in [0.1, 0.15) is 18.5 Å². The Labute approximate surface area is 160 Å². The summed E-state index contributed by atoms with van der Waals surface area (Å²) < 4.78 is 13.3. The molecule has 0 radical (unpaired) electrons. The van der Waals surface area contributed by atoms with Crippen molar-refractivity contribution in [1.82, 2.24) is 9.66 Å². The number of hydrogen-bond donors (Lipinski definition) is 0. The number of rotatable bonds is 4. The summed E-state index contributed by atoms with van der Waals surface area (Å²) in [6.45, 7) is 1.16. The average Bonchev–Trinajstić information content (AvgIpc) is 3.45. The fraction of sp³-hybridized carbons (Fsp3) is 0.250. The van der Waals surface area contributed by atoms with E-state index in [0.717, 1.165) is 46.1 Å². The molecule has 1 saturated carbocycles. The SMILES string of the molecule is C(=N\n1c(-c2ccc3c(c2)OCCO3)csc1=NC1CC1)/c1ccccn1. The number of ether oxygens (including phenoxy) is 2. The Morgan fingerprint density at radius 3 is 2.81 bits per heavy atom. The quantitative estimate of drug-likeness (QED) is 0.654. The number of pyridine rings is 1. The van der Waals surface area contributed by atoms with E-state index in [1.807, 2.05) is 41.1 Å². The first-order valence-corrected chi connectivity index (χ1v) is 9.84. The molecule has 0 amide bonds. The molecule has 0 N–H and O–H groups in total. The zero-order valence-corrected chi connectivity index (χ0v) is 15.4. The van der Waals surface area contributed by atoms with Gasteiger partial charge in [-0.15, -0.1) is 11.3 Å². The highest BCUT2D eigenvalue weighted by atomic mass is 32.1. The lowest BCUT2D eigenvalue weighted by atomic mass is 10.1. The van der Waals surface area contributed by atoms with E-state index >= 15 is 0 Å². The van der Waals surface area contributed by atoms with Crippen LogP contribution in [0.3, 0.4) is 0 Å². The minimum Gasteiger partial charge on any atom is -0.486 e. The van der Waals surface area contributed by atoms with Crippen LogP contribution in [0.15, 0.2) is 58.1 Å². The molecular formula is C20H18N4O2S. The fourth-order valence-electron chi connectivity index (χ4n) is 2.83. The smallest absolute Gasteiger partial charge is 0.206 e. The maximum Gasteiger partial charge on any atom is 0.206 e. The highest BCUT2D eigenvalue weighted by Gasteiger charge is 2.21. The largest absolute Gasteiger partial charge is 0.486 e. The molecule has 136 valence electrons. The fourth-order valence-corrected chi connectivity index (χ4v) is 3.74. The molecule has 0 saturated heterocycles. The summed E-state index contributed by atoms with van der Waals surface area (Å²) in [6, 6.07) is 12.2. The maximum absolute atomic E-state index is 5.73. The third-order valence-corrected chi connectivity index (χ3v) is 5.19. The second kappa shape index (κ2) is 7.00. The molecule has 1 fully saturated rings. The molecule has 0 unspecified atom stereocenters. The topological polar surface area (TPSA) is 61.0 Å². The van der Waals surface area contributed by atoms with Crippen LogP contribution >= 0.6 is 11.3 Å². The van der Waals surface area contributed by atoms with Gasteiger partial charge in [0.25, 0.3) is 0 Å². The molecule has 0 spiro atoms. The van der Waals surface area contributed by atoms with Crippen molar-refractivity contribution in [1.29, 1.82) is 0 Å². The van der Waals surface area contributed by atoms with Gasteiger partial charge in [0.05, 0.1) is 23.6 Å². The molecule has 3 aromatic rings. The van der Waals surface area contributed by atoms with Crippen molar-refractivity contribution in [2.24, 2.45) is 10.1 Å². The molecule has 1 aliphatic carbocycles. The van der Waals surface area contributed by atoms with E-state index in [-0.39, 0.29) is 0 Å². The van der Waals surface area contributed by atoms with Crippen molar-refractivity contribution in [3.05, 3.63) is 58.5 Å². The number of benzene rings is 1. The van der Waals surface area contributed by atoms with Crippen molar-refractivity contribution >= 4 is 17.6 Å². The van der Waals surface area contributed by atoms with E-state index in [0.29, 0.717) is 19.3 Å². The zero-order chi connectivity index (χ0) is 18.1. The van der Waals surface area contributed by atoms with Crippen LogP contribution in [0.4, 0.5) is 0 Å². The second-order valence-corrected chi connectivity index (χ2v) is 7.27. The maximum atomic E-state index is 5.73. The van der Waals surface area contributed by atoms with Crippen molar-refractivity contribution in [2.75, 3.05) is 13.2 Å². The highest BCUT2D eigenvalue weighted by Crippen LogP contribution is 2.34. The van der Waals surface area contributed by atoms with Crippen LogP contribution in [0.2, 0.25) is 0 Å². The van der Waals surface area contributed by atoms with Gasteiger partial charge in [-0.2, -0.15) is 5.10 Å². The predicted octanol–water partition coefficient (Wildman–Crippen LogP) is 3.33. The number of aromatic nitrogens is 2. The van der Waals surface area contributed by atoms with Crippen molar-refractivity contribution in [3.63, 3.8) is 0 Å². The molecule has 1 aromatic carbocycles. The van der Waals surface area contributed by atoms with Crippen LogP contribution in [0, 0.1) is 0 Å². The number of hydrogen-bond acceptors (Lipinski definition) is 6. The van der Waals surface area contributed by atoms with E-state index in [9.17, 15) is 0 Å². The molecule has 6 nitrogen and oxygen atoms in total. The van der Waals surface area contributed by atoms with E-state index in [2.05, 4.69) is 15.5 Å². The molecule has 2 aromatic heterocycles. The summed E-state index contributed by atoms with van der Waals surface area (Å²) in [7, 11) is 0. The summed E-state index contributed by atoms with van der Waals surface area (Å²) >= 11 is 1.60. The molecule has 27 heavy (non-hydrogen) atoms. The molecular weight excluding hydrogens is 360 g/mol. The Bertz CT molecular complexity index is 1050. The molecule has 7 heteroatoms. The number of thiazole rings is 1. The first kappa shape index (κ1) is 16.3. The summed E-state index contributed by atoms with van der Waals surface area (Å²) in [5.41, 5.74) is 2.80. The zero-order valence-electron chi connectivity index (χ0n) is 14.6. The summed E-state index contributed by atoms with van der Waals surface area (Å²) in [5.74, 6) is 1.55. The molecule has 1 aliphatic heterocycles. The lowest BCUT2D eigenvalue weighted by Crippen LogP contribution is -2.15. The second-order valence-electron chi connectivity index (χ2n) is 6.43. The van der Waals surface area contributed by atoms with Crippen molar-refractivity contribution in [3.8, 4) is 22.8 Å². The minimum absolute atomic E-state index is 0.424. The third-order valence-electron chi connectivity index (χ3n) is 4.36. The summed E-state index contributed by atoms with van der Waals surface area (Å²) in [6.07, 6.45) is 5.83. The third kappa shape index (κ3) is 3.50. The summed E-state index contributed by atoms with van der Waals surface area (Å²) in [5, 5.41) is 6.77. The normalized spacial score (nSPS) is 16.8. The molecule has 0 atom stereocenters. The minimum atomic E-state index is 0.424. The van der Waals surface area contributed by atoms with E-state index < -0.39 is 0 Å². The number of fused-ring (bicyclic) bond motifs is 1. The predicted molar refractivity (Wildman–Crippen MR) is 105 cm³/mol. The van der Waals surface area contributed by atoms with Gasteiger partial charge in [-0.3, -0.25) is 9.98 Å². The lowest BCUT2D eigenvalue weighted by molar-refractivity contribution is 0.171. The Hall–Kier alpha value is -2.93. The standard InChI is InChI=1S/C20H18N4O2S/c1-2-8-21-16(3-1)12-22-24-17(13-27-20(24)23-15-5-6-15)14-4-7-18-19(11-14)26-10-9-25-18/h1-4,7-8,11-13,15H,5-6,9-10H2/b22-12+,23-20?. The van der Waals surface area contributed by atoms with Gasteiger partial charge in [-0.05, 0) is 43.2 Å². The Balaban J connectivity index is 1.58. The van der Waals surface area contributed by atoms with Crippen LogP contribution in [0.5, 0.6) is 11.5 Å². The van der Waals surface area contributed by atoms with Crippen molar-refractivity contribution < 1.29 is 9.47 Å². The molecule has 0 bridgehead atoms. The van der Waals surface area contributed by atoms with Crippen LogP contribution in [-0.2, 0) is 0 Å². The first-order valence-electron chi connectivity index (χ1n) is 8.97. The first-order chi connectivity index (χ1) is 13.4. The average molecular weight is 378 g/mol. The Morgan fingerprint density at radius 2 is 2.00 bits per heavy atom. The van der Waals surface area contributed by atoms with Gasteiger partial charge in [0, 0.05) is 17.1 Å². The van der Waals surface area contributed by atoms with Gasteiger partial charge in [-0.1, -0.05) is 6.07 Å². The van der Waals surface area contributed by atoms with Crippen molar-refractivity contribution in [2.45, 2.75) is 18.9 Å². The molecule has 2 aliphatic rings. The van der Waals surface area contributed by atoms with Gasteiger partial charge in [0.15, 0.2) is 11.5 Å². The Morgan fingerprint density at radius 1 is 1.11 bits per heavy atom.